The van der Waals surface area contributed by atoms with Gasteiger partial charge in [-0.2, -0.15) is 13.2 Å². The first-order valence-electron chi connectivity index (χ1n) is 4.57. The van der Waals surface area contributed by atoms with Crippen molar-refractivity contribution in [2.75, 3.05) is 0 Å². The van der Waals surface area contributed by atoms with Crippen molar-refractivity contribution in [2.24, 2.45) is 0 Å². The first-order valence-corrected chi connectivity index (χ1v) is 4.57. The van der Waals surface area contributed by atoms with Gasteiger partial charge in [-0.05, 0) is 11.6 Å². The molecule has 0 fully saturated rings. The minimum Gasteiger partial charge on any atom is -0.303 e. The van der Waals surface area contributed by atoms with Crippen LogP contribution in [0.3, 0.4) is 0 Å². The van der Waals surface area contributed by atoms with Crippen molar-refractivity contribution in [3.05, 3.63) is 39.4 Å². The molecule has 0 radical (unpaired) electrons. The van der Waals surface area contributed by atoms with Crippen molar-refractivity contribution in [1.82, 2.24) is 0 Å². The fourth-order valence-corrected chi connectivity index (χ4v) is 1.25. The van der Waals surface area contributed by atoms with Crippen LogP contribution in [0, 0.1) is 10.1 Å². The lowest BCUT2D eigenvalue weighted by Crippen LogP contribution is -2.08. The average molecular weight is 247 g/mol. The molecule has 1 atom stereocenters. The Morgan fingerprint density at radius 2 is 1.94 bits per heavy atom. The van der Waals surface area contributed by atoms with Gasteiger partial charge < -0.3 is 4.79 Å². The molecule has 1 aromatic rings. The van der Waals surface area contributed by atoms with Gasteiger partial charge in [0.1, 0.15) is 6.29 Å². The molecule has 92 valence electrons. The van der Waals surface area contributed by atoms with Crippen LogP contribution in [0.4, 0.5) is 18.9 Å². The maximum atomic E-state index is 12.5. The molecule has 7 heteroatoms. The molecular weight excluding hydrogens is 239 g/mol. The predicted molar refractivity (Wildman–Crippen MR) is 52.6 cm³/mol. The Kier molecular flexibility index (Phi) is 3.50. The van der Waals surface area contributed by atoms with E-state index in [2.05, 4.69) is 0 Å². The van der Waals surface area contributed by atoms with Crippen molar-refractivity contribution >= 4 is 12.0 Å². The molecule has 17 heavy (non-hydrogen) atoms. The number of benzene rings is 1. The van der Waals surface area contributed by atoms with Crippen LogP contribution in [0.2, 0.25) is 0 Å². The predicted octanol–water partition coefficient (Wildman–Crippen LogP) is 2.92. The summed E-state index contributed by atoms with van der Waals surface area (Å²) in [5.41, 5.74) is -1.83. The third-order valence-corrected chi connectivity index (χ3v) is 2.21. The third kappa shape index (κ3) is 3.02. The van der Waals surface area contributed by atoms with E-state index in [1.165, 1.54) is 6.92 Å². The SMILES string of the molecule is CC(C=O)c1cc([N+](=O)[O-])cc(C(F)(F)F)c1. The summed E-state index contributed by atoms with van der Waals surface area (Å²) in [4.78, 5) is 20.1. The molecule has 0 N–H and O–H groups in total. The van der Waals surface area contributed by atoms with Crippen molar-refractivity contribution in [1.29, 1.82) is 0 Å². The molecule has 1 aromatic carbocycles. The van der Waals surface area contributed by atoms with Gasteiger partial charge in [0.2, 0.25) is 0 Å². The maximum Gasteiger partial charge on any atom is 0.416 e. The number of nitro benzene ring substituents is 1. The number of carbonyl (C=O) groups excluding carboxylic acids is 1. The standard InChI is InChI=1S/C10H8F3NO3/c1-6(5-15)7-2-8(10(11,12)13)4-9(3-7)14(16)17/h2-6H,1H3. The van der Waals surface area contributed by atoms with Gasteiger partial charge in [-0.1, -0.05) is 6.92 Å². The van der Waals surface area contributed by atoms with E-state index in [9.17, 15) is 28.1 Å². The summed E-state index contributed by atoms with van der Waals surface area (Å²) in [5, 5.41) is 10.5. The number of nitro groups is 1. The Balaban J connectivity index is 3.38. The average Bonchev–Trinajstić information content (AvgIpc) is 2.26. The van der Waals surface area contributed by atoms with E-state index in [-0.39, 0.29) is 5.56 Å². The van der Waals surface area contributed by atoms with Gasteiger partial charge in [0.25, 0.3) is 5.69 Å². The number of nitrogens with zero attached hydrogens (tertiary/aromatic N) is 1. The largest absolute Gasteiger partial charge is 0.416 e. The second kappa shape index (κ2) is 4.52. The molecule has 0 aliphatic carbocycles. The summed E-state index contributed by atoms with van der Waals surface area (Å²) in [7, 11) is 0. The number of hydrogen-bond donors (Lipinski definition) is 0. The molecular formula is C10H8F3NO3. The Bertz CT molecular complexity index is 457. The normalized spacial score (nSPS) is 13.2. The van der Waals surface area contributed by atoms with Crippen molar-refractivity contribution in [3.63, 3.8) is 0 Å². The van der Waals surface area contributed by atoms with Crippen LogP contribution in [0.25, 0.3) is 0 Å². The summed E-state index contributed by atoms with van der Waals surface area (Å²) in [6.07, 6.45) is -4.25. The summed E-state index contributed by atoms with van der Waals surface area (Å²) in [5.74, 6) is -0.823. The lowest BCUT2D eigenvalue weighted by atomic mass is 9.99. The highest BCUT2D eigenvalue weighted by Crippen LogP contribution is 2.33. The molecule has 0 saturated carbocycles. The van der Waals surface area contributed by atoms with Crippen LogP contribution >= 0.6 is 0 Å². The van der Waals surface area contributed by atoms with Crippen LogP contribution in [0.5, 0.6) is 0 Å². The molecule has 0 aliphatic rings. The Morgan fingerprint density at radius 3 is 2.35 bits per heavy atom. The highest BCUT2D eigenvalue weighted by molar-refractivity contribution is 5.62. The Morgan fingerprint density at radius 1 is 1.35 bits per heavy atom. The molecule has 0 bridgehead atoms. The summed E-state index contributed by atoms with van der Waals surface area (Å²) in [6.45, 7) is 1.37. The van der Waals surface area contributed by atoms with Gasteiger partial charge >= 0.3 is 6.18 Å². The van der Waals surface area contributed by atoms with Crippen molar-refractivity contribution in [3.8, 4) is 0 Å². The number of halogens is 3. The van der Waals surface area contributed by atoms with Gasteiger partial charge in [0.05, 0.1) is 10.5 Å². The molecule has 1 unspecified atom stereocenters. The lowest BCUT2D eigenvalue weighted by molar-refractivity contribution is -0.385. The highest BCUT2D eigenvalue weighted by atomic mass is 19.4. The van der Waals surface area contributed by atoms with Crippen LogP contribution < -0.4 is 0 Å². The fourth-order valence-electron chi connectivity index (χ4n) is 1.25. The number of alkyl halides is 3. The van der Waals surface area contributed by atoms with Gasteiger partial charge in [0, 0.05) is 18.1 Å². The number of carbonyl (C=O) groups is 1. The highest BCUT2D eigenvalue weighted by Gasteiger charge is 2.33. The molecule has 0 heterocycles. The zero-order valence-corrected chi connectivity index (χ0v) is 8.69. The first-order chi connectivity index (χ1) is 7.75. The smallest absolute Gasteiger partial charge is 0.303 e. The van der Waals surface area contributed by atoms with Crippen LogP contribution in [-0.4, -0.2) is 11.2 Å². The summed E-state index contributed by atoms with van der Waals surface area (Å²) >= 11 is 0. The van der Waals surface area contributed by atoms with Gasteiger partial charge in [-0.3, -0.25) is 10.1 Å². The third-order valence-electron chi connectivity index (χ3n) is 2.21. The van der Waals surface area contributed by atoms with Gasteiger partial charge in [-0.25, -0.2) is 0 Å². The van der Waals surface area contributed by atoms with Crippen LogP contribution in [0.15, 0.2) is 18.2 Å². The molecule has 0 spiro atoms. The van der Waals surface area contributed by atoms with E-state index in [0.717, 1.165) is 12.1 Å². The van der Waals surface area contributed by atoms with E-state index < -0.39 is 28.3 Å². The van der Waals surface area contributed by atoms with Crippen LogP contribution in [-0.2, 0) is 11.0 Å². The number of rotatable bonds is 3. The van der Waals surface area contributed by atoms with Crippen molar-refractivity contribution in [2.45, 2.75) is 19.0 Å². The van der Waals surface area contributed by atoms with E-state index in [1.807, 2.05) is 0 Å². The summed E-state index contributed by atoms with van der Waals surface area (Å²) in [6, 6.07) is 2.15. The number of non-ortho nitro benzene ring substituents is 1. The number of hydrogen-bond acceptors (Lipinski definition) is 3. The molecule has 0 aromatic heterocycles. The van der Waals surface area contributed by atoms with Crippen LogP contribution in [0.1, 0.15) is 24.0 Å². The molecule has 1 rings (SSSR count). The van der Waals surface area contributed by atoms with E-state index >= 15 is 0 Å². The zero-order valence-electron chi connectivity index (χ0n) is 8.69. The monoisotopic (exact) mass is 247 g/mol. The van der Waals surface area contributed by atoms with Gasteiger partial charge in [0.15, 0.2) is 0 Å². The molecule has 0 aliphatic heterocycles. The van der Waals surface area contributed by atoms with E-state index in [4.69, 9.17) is 0 Å². The van der Waals surface area contributed by atoms with E-state index in [0.29, 0.717) is 12.4 Å². The molecule has 0 amide bonds. The Hall–Kier alpha value is -1.92. The second-order valence-electron chi connectivity index (χ2n) is 3.49. The zero-order chi connectivity index (χ0) is 13.2. The molecule has 0 saturated heterocycles. The van der Waals surface area contributed by atoms with E-state index in [1.54, 1.807) is 0 Å². The maximum absolute atomic E-state index is 12.5. The lowest BCUT2D eigenvalue weighted by Gasteiger charge is -2.10. The minimum atomic E-state index is -4.68. The van der Waals surface area contributed by atoms with Gasteiger partial charge in [-0.15, -0.1) is 0 Å². The quantitative estimate of drug-likeness (QED) is 0.468. The summed E-state index contributed by atoms with van der Waals surface area (Å²) < 4.78 is 37.4. The Labute approximate surface area is 94.2 Å². The first kappa shape index (κ1) is 13.1. The minimum absolute atomic E-state index is 0.0264. The van der Waals surface area contributed by atoms with Crippen molar-refractivity contribution < 1.29 is 22.9 Å². The fraction of sp³-hybridized carbons (Fsp3) is 0.300. The second-order valence-corrected chi connectivity index (χ2v) is 3.49. The molecule has 4 nitrogen and oxygen atoms in total. The number of aldehydes is 1. The topological polar surface area (TPSA) is 60.2 Å².